The van der Waals surface area contributed by atoms with Crippen LogP contribution in [0.1, 0.15) is 22.7 Å². The maximum absolute atomic E-state index is 4.96. The molecular formula is C24H19N. The normalized spacial score (nSPS) is 12.5. The third-order valence-corrected chi connectivity index (χ3v) is 4.41. The highest BCUT2D eigenvalue weighted by Crippen LogP contribution is 2.31. The van der Waals surface area contributed by atoms with E-state index in [4.69, 9.17) is 4.99 Å². The molecule has 0 aliphatic rings. The molecule has 25 heavy (non-hydrogen) atoms. The van der Waals surface area contributed by atoms with Crippen LogP contribution in [0.25, 0.3) is 10.8 Å². The summed E-state index contributed by atoms with van der Waals surface area (Å²) in [6, 6.07) is 35.7. The van der Waals surface area contributed by atoms with Gasteiger partial charge in [0.25, 0.3) is 0 Å². The largest absolute Gasteiger partial charge is 0.280 e. The minimum Gasteiger partial charge on any atom is -0.280 e. The molecule has 120 valence electrons. The molecule has 1 unspecified atom stereocenters. The SMILES string of the molecule is C(=NC(c1ccccc1)c1cccc2ccccc12)c1ccccc1. The maximum atomic E-state index is 4.96. The molecule has 0 fully saturated rings. The van der Waals surface area contributed by atoms with Crippen molar-refractivity contribution >= 4 is 17.0 Å². The van der Waals surface area contributed by atoms with Crippen LogP contribution in [0.15, 0.2) is 108 Å². The first-order chi connectivity index (χ1) is 12.4. The van der Waals surface area contributed by atoms with Gasteiger partial charge in [0.05, 0.1) is 0 Å². The van der Waals surface area contributed by atoms with E-state index in [2.05, 4.69) is 78.9 Å². The predicted octanol–water partition coefficient (Wildman–Crippen LogP) is 6.05. The third kappa shape index (κ3) is 3.36. The molecule has 0 N–H and O–H groups in total. The monoisotopic (exact) mass is 321 g/mol. The van der Waals surface area contributed by atoms with E-state index in [1.165, 1.54) is 21.9 Å². The summed E-state index contributed by atoms with van der Waals surface area (Å²) in [5.41, 5.74) is 3.55. The molecule has 4 aromatic rings. The molecular weight excluding hydrogens is 302 g/mol. The summed E-state index contributed by atoms with van der Waals surface area (Å²) in [6.07, 6.45) is 1.97. The molecule has 0 aliphatic heterocycles. The first kappa shape index (κ1) is 15.3. The van der Waals surface area contributed by atoms with Crippen molar-refractivity contribution < 1.29 is 0 Å². The second-order valence-corrected chi connectivity index (χ2v) is 6.07. The van der Waals surface area contributed by atoms with Gasteiger partial charge >= 0.3 is 0 Å². The zero-order valence-electron chi connectivity index (χ0n) is 13.9. The maximum Gasteiger partial charge on any atom is 0.101 e. The third-order valence-electron chi connectivity index (χ3n) is 4.41. The first-order valence-corrected chi connectivity index (χ1v) is 8.53. The van der Waals surface area contributed by atoms with Crippen molar-refractivity contribution in [3.63, 3.8) is 0 Å². The summed E-state index contributed by atoms with van der Waals surface area (Å²) in [5.74, 6) is 0. The molecule has 0 saturated heterocycles. The number of nitrogens with zero attached hydrogens (tertiary/aromatic N) is 1. The van der Waals surface area contributed by atoms with Gasteiger partial charge in [0.2, 0.25) is 0 Å². The van der Waals surface area contributed by atoms with Gasteiger partial charge < -0.3 is 0 Å². The van der Waals surface area contributed by atoms with Gasteiger partial charge in [-0.1, -0.05) is 103 Å². The Bertz CT molecular complexity index is 983. The van der Waals surface area contributed by atoms with Crippen LogP contribution in [-0.2, 0) is 0 Å². The molecule has 4 rings (SSSR count). The van der Waals surface area contributed by atoms with Gasteiger partial charge in [-0.05, 0) is 27.5 Å². The van der Waals surface area contributed by atoms with Crippen LogP contribution >= 0.6 is 0 Å². The van der Waals surface area contributed by atoms with Crippen LogP contribution in [0.4, 0.5) is 0 Å². The average molecular weight is 321 g/mol. The molecule has 0 spiro atoms. The number of benzene rings is 4. The smallest absolute Gasteiger partial charge is 0.101 e. The molecule has 0 radical (unpaired) electrons. The fourth-order valence-corrected chi connectivity index (χ4v) is 3.17. The lowest BCUT2D eigenvalue weighted by molar-refractivity contribution is 0.887. The molecule has 0 bridgehead atoms. The molecule has 0 saturated carbocycles. The molecule has 0 aromatic heterocycles. The Morgan fingerprint density at radius 2 is 1.24 bits per heavy atom. The van der Waals surface area contributed by atoms with Crippen molar-refractivity contribution in [1.82, 2.24) is 0 Å². The van der Waals surface area contributed by atoms with Gasteiger partial charge in [-0.15, -0.1) is 0 Å². The number of hydrogen-bond donors (Lipinski definition) is 0. The van der Waals surface area contributed by atoms with Crippen LogP contribution in [0.3, 0.4) is 0 Å². The minimum absolute atomic E-state index is 0.0208. The van der Waals surface area contributed by atoms with Crippen LogP contribution in [0.2, 0.25) is 0 Å². The van der Waals surface area contributed by atoms with Crippen LogP contribution in [0, 0.1) is 0 Å². The van der Waals surface area contributed by atoms with E-state index < -0.39 is 0 Å². The van der Waals surface area contributed by atoms with Crippen molar-refractivity contribution in [2.75, 3.05) is 0 Å². The van der Waals surface area contributed by atoms with Gasteiger partial charge in [-0.3, -0.25) is 4.99 Å². The summed E-state index contributed by atoms with van der Waals surface area (Å²) < 4.78 is 0. The van der Waals surface area contributed by atoms with Crippen LogP contribution in [-0.4, -0.2) is 6.21 Å². The average Bonchev–Trinajstić information content (AvgIpc) is 2.70. The molecule has 4 aromatic carbocycles. The Morgan fingerprint density at radius 1 is 0.600 bits per heavy atom. The molecule has 0 aliphatic carbocycles. The Labute approximate surface area is 148 Å². The van der Waals surface area contributed by atoms with E-state index in [0.717, 1.165) is 5.56 Å². The summed E-state index contributed by atoms with van der Waals surface area (Å²) >= 11 is 0. The fraction of sp³-hybridized carbons (Fsp3) is 0.0417. The van der Waals surface area contributed by atoms with Crippen molar-refractivity contribution in [3.8, 4) is 0 Å². The summed E-state index contributed by atoms with van der Waals surface area (Å²) in [6.45, 7) is 0. The fourth-order valence-electron chi connectivity index (χ4n) is 3.17. The number of hydrogen-bond acceptors (Lipinski definition) is 1. The number of fused-ring (bicyclic) bond motifs is 1. The highest BCUT2D eigenvalue weighted by molar-refractivity contribution is 5.87. The van der Waals surface area contributed by atoms with Gasteiger partial charge in [0.15, 0.2) is 0 Å². The van der Waals surface area contributed by atoms with Crippen LogP contribution < -0.4 is 0 Å². The van der Waals surface area contributed by atoms with E-state index in [0.29, 0.717) is 0 Å². The lowest BCUT2D eigenvalue weighted by Gasteiger charge is -2.16. The van der Waals surface area contributed by atoms with Crippen molar-refractivity contribution in [3.05, 3.63) is 120 Å². The molecule has 1 heteroatoms. The highest BCUT2D eigenvalue weighted by Gasteiger charge is 2.14. The number of rotatable bonds is 4. The molecule has 0 heterocycles. The van der Waals surface area contributed by atoms with Crippen molar-refractivity contribution in [1.29, 1.82) is 0 Å². The lowest BCUT2D eigenvalue weighted by Crippen LogP contribution is -2.00. The van der Waals surface area contributed by atoms with E-state index >= 15 is 0 Å². The van der Waals surface area contributed by atoms with Crippen LogP contribution in [0.5, 0.6) is 0 Å². The molecule has 1 atom stereocenters. The molecule has 0 amide bonds. The van der Waals surface area contributed by atoms with E-state index in [-0.39, 0.29) is 6.04 Å². The topological polar surface area (TPSA) is 12.4 Å². The van der Waals surface area contributed by atoms with Gasteiger partial charge in [-0.2, -0.15) is 0 Å². The Hall–Kier alpha value is -3.19. The zero-order chi connectivity index (χ0) is 16.9. The number of aliphatic imine (C=N–C) groups is 1. The highest BCUT2D eigenvalue weighted by atomic mass is 14.8. The van der Waals surface area contributed by atoms with Crippen molar-refractivity contribution in [2.24, 2.45) is 4.99 Å². The summed E-state index contributed by atoms with van der Waals surface area (Å²) in [4.78, 5) is 4.96. The second-order valence-electron chi connectivity index (χ2n) is 6.07. The Morgan fingerprint density at radius 3 is 2.04 bits per heavy atom. The second kappa shape index (κ2) is 7.14. The van der Waals surface area contributed by atoms with Gasteiger partial charge in [0.1, 0.15) is 6.04 Å². The van der Waals surface area contributed by atoms with Crippen molar-refractivity contribution in [2.45, 2.75) is 6.04 Å². The first-order valence-electron chi connectivity index (χ1n) is 8.53. The quantitative estimate of drug-likeness (QED) is 0.406. The lowest BCUT2D eigenvalue weighted by atomic mass is 9.94. The van der Waals surface area contributed by atoms with E-state index in [1.807, 2.05) is 30.5 Å². The van der Waals surface area contributed by atoms with Gasteiger partial charge in [0, 0.05) is 6.21 Å². The van der Waals surface area contributed by atoms with Gasteiger partial charge in [-0.25, -0.2) is 0 Å². The van der Waals surface area contributed by atoms with E-state index in [9.17, 15) is 0 Å². The minimum atomic E-state index is -0.0208. The summed E-state index contributed by atoms with van der Waals surface area (Å²) in [5, 5.41) is 2.50. The summed E-state index contributed by atoms with van der Waals surface area (Å²) in [7, 11) is 0. The van der Waals surface area contributed by atoms with E-state index in [1.54, 1.807) is 0 Å². The standard InChI is InChI=1S/C24H19N/c1-3-10-19(11-4-1)18-25-24(21-13-5-2-6-14-21)23-17-9-15-20-12-7-8-16-22(20)23/h1-18,24H. The Kier molecular flexibility index (Phi) is 4.38. The Balaban J connectivity index is 1.84. The zero-order valence-corrected chi connectivity index (χ0v) is 13.9. The predicted molar refractivity (Wildman–Crippen MR) is 106 cm³/mol. The molecule has 1 nitrogen and oxygen atoms in total.